The van der Waals surface area contributed by atoms with Crippen molar-refractivity contribution in [2.45, 2.75) is 33.6 Å². The van der Waals surface area contributed by atoms with Crippen LogP contribution in [0.4, 0.5) is 0 Å². The Morgan fingerprint density at radius 2 is 1.84 bits per heavy atom. The van der Waals surface area contributed by atoms with Gasteiger partial charge in [0.15, 0.2) is 5.82 Å². The van der Waals surface area contributed by atoms with Crippen molar-refractivity contribution in [3.63, 3.8) is 0 Å². The minimum atomic E-state index is 0.322. The van der Waals surface area contributed by atoms with Crippen LogP contribution in [0.2, 0.25) is 5.15 Å². The Kier molecular flexibility index (Phi) is 4.26. The number of aryl methyl sites for hydroxylation is 2. The molecule has 1 heterocycles. The fourth-order valence-corrected chi connectivity index (χ4v) is 3.23. The lowest BCUT2D eigenvalue weighted by Gasteiger charge is -2.13. The van der Waals surface area contributed by atoms with E-state index in [4.69, 9.17) is 11.6 Å². The van der Waals surface area contributed by atoms with Crippen molar-refractivity contribution < 1.29 is 0 Å². The van der Waals surface area contributed by atoms with E-state index >= 15 is 0 Å². The van der Waals surface area contributed by atoms with Crippen LogP contribution in [0.1, 0.15) is 36.6 Å². The summed E-state index contributed by atoms with van der Waals surface area (Å²) in [5.74, 6) is 0.988. The molecule has 0 aliphatic carbocycles. The molecule has 4 heteroatoms. The molecule has 1 aromatic carbocycles. The highest BCUT2D eigenvalue weighted by molar-refractivity contribution is 9.10. The highest BCUT2D eigenvalue weighted by atomic mass is 79.9. The lowest BCUT2D eigenvalue weighted by atomic mass is 10.0. The predicted molar refractivity (Wildman–Crippen MR) is 83.7 cm³/mol. The molecular formula is C15H16BrClN2. The van der Waals surface area contributed by atoms with Crippen LogP contribution in [0, 0.1) is 13.8 Å². The normalized spacial score (nSPS) is 11.1. The number of aromatic nitrogens is 2. The summed E-state index contributed by atoms with van der Waals surface area (Å²) in [4.78, 5) is 9.03. The van der Waals surface area contributed by atoms with Gasteiger partial charge >= 0.3 is 0 Å². The zero-order chi connectivity index (χ0) is 14.2. The van der Waals surface area contributed by atoms with Crippen LogP contribution in [-0.2, 0) is 0 Å². The first-order valence-electron chi connectivity index (χ1n) is 6.20. The minimum absolute atomic E-state index is 0.322. The topological polar surface area (TPSA) is 25.8 Å². The van der Waals surface area contributed by atoms with Gasteiger partial charge in [0.25, 0.3) is 0 Å². The number of hydrogen-bond donors (Lipinski definition) is 0. The summed E-state index contributed by atoms with van der Waals surface area (Å²) in [6.07, 6.45) is 0. The van der Waals surface area contributed by atoms with Crippen molar-refractivity contribution in [1.82, 2.24) is 9.97 Å². The standard InChI is InChI=1S/C15H16BrClN2/c1-8(2)13-10(4)18-15(19-14(13)17)11-6-5-9(3)7-12(11)16/h5-8H,1-4H3. The molecule has 0 aliphatic rings. The monoisotopic (exact) mass is 338 g/mol. The van der Waals surface area contributed by atoms with Gasteiger partial charge in [-0.3, -0.25) is 0 Å². The maximum Gasteiger partial charge on any atom is 0.162 e. The average molecular weight is 340 g/mol. The smallest absolute Gasteiger partial charge is 0.162 e. The van der Waals surface area contributed by atoms with Crippen molar-refractivity contribution >= 4 is 27.5 Å². The molecule has 2 rings (SSSR count). The van der Waals surface area contributed by atoms with Crippen molar-refractivity contribution in [3.8, 4) is 11.4 Å². The van der Waals surface area contributed by atoms with Crippen LogP contribution in [-0.4, -0.2) is 9.97 Å². The van der Waals surface area contributed by atoms with Crippen molar-refractivity contribution in [2.24, 2.45) is 0 Å². The molecule has 0 fully saturated rings. The molecule has 100 valence electrons. The average Bonchev–Trinajstić information content (AvgIpc) is 2.26. The quantitative estimate of drug-likeness (QED) is 0.694. The summed E-state index contributed by atoms with van der Waals surface area (Å²) < 4.78 is 0.986. The second-order valence-corrected chi connectivity index (χ2v) is 6.19. The third-order valence-electron chi connectivity index (χ3n) is 3.03. The van der Waals surface area contributed by atoms with Gasteiger partial charge in [-0.05, 0) is 37.5 Å². The van der Waals surface area contributed by atoms with Gasteiger partial charge in [-0.1, -0.05) is 47.4 Å². The van der Waals surface area contributed by atoms with E-state index in [2.05, 4.69) is 52.7 Å². The van der Waals surface area contributed by atoms with E-state index in [1.807, 2.05) is 19.1 Å². The Bertz CT molecular complexity index is 601. The van der Waals surface area contributed by atoms with Crippen LogP contribution in [0.5, 0.6) is 0 Å². The van der Waals surface area contributed by atoms with Crippen LogP contribution in [0.3, 0.4) is 0 Å². The molecule has 0 amide bonds. The molecule has 0 saturated carbocycles. The minimum Gasteiger partial charge on any atom is -0.233 e. The summed E-state index contributed by atoms with van der Waals surface area (Å²) in [5.41, 5.74) is 4.12. The molecule has 0 saturated heterocycles. The largest absolute Gasteiger partial charge is 0.233 e. The van der Waals surface area contributed by atoms with E-state index in [1.54, 1.807) is 0 Å². The number of benzene rings is 1. The highest BCUT2D eigenvalue weighted by Gasteiger charge is 2.15. The first-order valence-corrected chi connectivity index (χ1v) is 7.37. The zero-order valence-corrected chi connectivity index (χ0v) is 13.8. The third kappa shape index (κ3) is 2.98. The number of rotatable bonds is 2. The van der Waals surface area contributed by atoms with Gasteiger partial charge in [-0.2, -0.15) is 0 Å². The molecule has 1 aromatic heterocycles. The van der Waals surface area contributed by atoms with Gasteiger partial charge in [0.2, 0.25) is 0 Å². The number of hydrogen-bond acceptors (Lipinski definition) is 2. The molecule has 0 atom stereocenters. The Morgan fingerprint density at radius 1 is 1.16 bits per heavy atom. The van der Waals surface area contributed by atoms with Crippen LogP contribution in [0.15, 0.2) is 22.7 Å². The molecule has 0 unspecified atom stereocenters. The van der Waals surface area contributed by atoms with Gasteiger partial charge in [-0.15, -0.1) is 0 Å². The molecule has 2 aromatic rings. The van der Waals surface area contributed by atoms with Gasteiger partial charge in [-0.25, -0.2) is 9.97 Å². The van der Waals surface area contributed by atoms with Gasteiger partial charge in [0.05, 0.1) is 0 Å². The van der Waals surface area contributed by atoms with E-state index < -0.39 is 0 Å². The molecule has 0 bridgehead atoms. The summed E-state index contributed by atoms with van der Waals surface area (Å²) in [6, 6.07) is 6.11. The van der Waals surface area contributed by atoms with Crippen molar-refractivity contribution in [3.05, 3.63) is 44.6 Å². The number of halogens is 2. The first-order chi connectivity index (χ1) is 8.90. The lowest BCUT2D eigenvalue weighted by Crippen LogP contribution is -2.02. The predicted octanol–water partition coefficient (Wildman–Crippen LogP) is 5.30. The van der Waals surface area contributed by atoms with E-state index in [0.29, 0.717) is 16.9 Å². The second kappa shape index (κ2) is 5.59. The third-order valence-corrected chi connectivity index (χ3v) is 3.98. The van der Waals surface area contributed by atoms with Crippen LogP contribution >= 0.6 is 27.5 Å². The SMILES string of the molecule is Cc1ccc(-c2nc(C)c(C(C)C)c(Cl)n2)c(Br)c1. The van der Waals surface area contributed by atoms with Crippen LogP contribution in [0.25, 0.3) is 11.4 Å². The Morgan fingerprint density at radius 3 is 2.37 bits per heavy atom. The van der Waals surface area contributed by atoms with Gasteiger partial charge in [0.1, 0.15) is 5.15 Å². The highest BCUT2D eigenvalue weighted by Crippen LogP contribution is 2.31. The molecule has 0 N–H and O–H groups in total. The maximum absolute atomic E-state index is 6.30. The van der Waals surface area contributed by atoms with Gasteiger partial charge < -0.3 is 0 Å². The summed E-state index contributed by atoms with van der Waals surface area (Å²) >= 11 is 9.85. The lowest BCUT2D eigenvalue weighted by molar-refractivity contribution is 0.831. The van der Waals surface area contributed by atoms with Gasteiger partial charge in [0, 0.05) is 21.3 Å². The molecule has 0 radical (unpaired) electrons. The van der Waals surface area contributed by atoms with E-state index in [1.165, 1.54) is 5.56 Å². The number of nitrogens with zero attached hydrogens (tertiary/aromatic N) is 2. The Balaban J connectivity index is 2.58. The summed E-state index contributed by atoms with van der Waals surface area (Å²) in [7, 11) is 0. The second-order valence-electron chi connectivity index (χ2n) is 4.98. The molecule has 19 heavy (non-hydrogen) atoms. The van der Waals surface area contributed by atoms with Crippen LogP contribution < -0.4 is 0 Å². The fourth-order valence-electron chi connectivity index (χ4n) is 2.12. The summed E-state index contributed by atoms with van der Waals surface area (Å²) in [6.45, 7) is 8.22. The molecule has 0 spiro atoms. The zero-order valence-electron chi connectivity index (χ0n) is 11.5. The van der Waals surface area contributed by atoms with Crippen molar-refractivity contribution in [1.29, 1.82) is 0 Å². The van der Waals surface area contributed by atoms with E-state index in [0.717, 1.165) is 21.3 Å². The first kappa shape index (κ1) is 14.5. The fraction of sp³-hybridized carbons (Fsp3) is 0.333. The maximum atomic E-state index is 6.30. The summed E-state index contributed by atoms with van der Waals surface area (Å²) in [5, 5.41) is 0.546. The molecule has 0 aliphatic heterocycles. The van der Waals surface area contributed by atoms with E-state index in [-0.39, 0.29) is 0 Å². The van der Waals surface area contributed by atoms with Crippen molar-refractivity contribution in [2.75, 3.05) is 0 Å². The Hall–Kier alpha value is -0.930. The Labute approximate surface area is 127 Å². The molecule has 2 nitrogen and oxygen atoms in total. The van der Waals surface area contributed by atoms with E-state index in [9.17, 15) is 0 Å². The molecular weight excluding hydrogens is 324 g/mol.